The summed E-state index contributed by atoms with van der Waals surface area (Å²) in [6, 6.07) is 3.53. The SMILES string of the molecule is C=C(Br)Cn1cccc(Br)c1=O. The fraction of sp³-hybridized carbons (Fsp3) is 0.125. The molecule has 0 fully saturated rings. The van der Waals surface area contributed by atoms with E-state index in [1.54, 1.807) is 22.9 Å². The maximum atomic E-state index is 11.4. The summed E-state index contributed by atoms with van der Waals surface area (Å²) >= 11 is 6.36. The second-order valence-electron chi connectivity index (χ2n) is 2.31. The van der Waals surface area contributed by atoms with Gasteiger partial charge in [-0.05, 0) is 28.1 Å². The van der Waals surface area contributed by atoms with Crippen molar-refractivity contribution in [2.24, 2.45) is 0 Å². The van der Waals surface area contributed by atoms with E-state index in [-0.39, 0.29) is 5.56 Å². The average molecular weight is 293 g/mol. The Morgan fingerprint density at radius 3 is 2.92 bits per heavy atom. The highest BCUT2D eigenvalue weighted by Gasteiger charge is 1.98. The van der Waals surface area contributed by atoms with Crippen LogP contribution in [0.1, 0.15) is 0 Å². The molecule has 0 bridgehead atoms. The van der Waals surface area contributed by atoms with Crippen molar-refractivity contribution in [2.75, 3.05) is 0 Å². The molecule has 0 aliphatic heterocycles. The smallest absolute Gasteiger partial charge is 0.265 e. The van der Waals surface area contributed by atoms with Crippen LogP contribution >= 0.6 is 31.9 Å². The van der Waals surface area contributed by atoms with E-state index in [1.807, 2.05) is 0 Å². The van der Waals surface area contributed by atoms with Crippen molar-refractivity contribution < 1.29 is 0 Å². The predicted octanol–water partition coefficient (Wildman–Crippen LogP) is 2.52. The Kier molecular flexibility index (Phi) is 3.29. The summed E-state index contributed by atoms with van der Waals surface area (Å²) in [5, 5.41) is 0. The molecule has 0 aliphatic carbocycles. The van der Waals surface area contributed by atoms with Crippen LogP contribution in [0.15, 0.2) is 38.7 Å². The van der Waals surface area contributed by atoms with E-state index < -0.39 is 0 Å². The molecule has 0 N–H and O–H groups in total. The van der Waals surface area contributed by atoms with E-state index in [4.69, 9.17) is 0 Å². The first-order valence-corrected chi connectivity index (χ1v) is 4.88. The third-order valence-corrected chi connectivity index (χ3v) is 2.17. The molecule has 0 unspecified atom stereocenters. The molecule has 0 atom stereocenters. The van der Waals surface area contributed by atoms with Gasteiger partial charge in [0.1, 0.15) is 0 Å². The lowest BCUT2D eigenvalue weighted by atomic mass is 10.4. The molecule has 2 nitrogen and oxygen atoms in total. The van der Waals surface area contributed by atoms with Crippen LogP contribution in [0.5, 0.6) is 0 Å². The minimum atomic E-state index is -0.0434. The summed E-state index contributed by atoms with van der Waals surface area (Å²) in [7, 11) is 0. The van der Waals surface area contributed by atoms with Crippen molar-refractivity contribution in [1.29, 1.82) is 0 Å². The van der Waals surface area contributed by atoms with Crippen molar-refractivity contribution in [3.63, 3.8) is 0 Å². The van der Waals surface area contributed by atoms with Gasteiger partial charge in [-0.25, -0.2) is 0 Å². The topological polar surface area (TPSA) is 22.0 Å². The lowest BCUT2D eigenvalue weighted by Crippen LogP contribution is -2.19. The minimum Gasteiger partial charge on any atom is -0.310 e. The van der Waals surface area contributed by atoms with Crippen LogP contribution < -0.4 is 5.56 Å². The lowest BCUT2D eigenvalue weighted by molar-refractivity contribution is 0.770. The number of allylic oxidation sites excluding steroid dienone is 1. The van der Waals surface area contributed by atoms with Crippen molar-refractivity contribution in [2.45, 2.75) is 6.54 Å². The number of nitrogens with zero attached hydrogens (tertiary/aromatic N) is 1. The Morgan fingerprint density at radius 2 is 2.33 bits per heavy atom. The molecule has 64 valence electrons. The van der Waals surface area contributed by atoms with Gasteiger partial charge >= 0.3 is 0 Å². The molecular formula is C8H7Br2NO. The molecule has 0 amide bonds. The van der Waals surface area contributed by atoms with Gasteiger partial charge in [-0.3, -0.25) is 4.79 Å². The molecule has 0 radical (unpaired) electrons. The van der Waals surface area contributed by atoms with E-state index >= 15 is 0 Å². The van der Waals surface area contributed by atoms with Crippen LogP contribution in [0.3, 0.4) is 0 Å². The third kappa shape index (κ3) is 2.32. The first-order chi connectivity index (χ1) is 5.61. The predicted molar refractivity (Wildman–Crippen MR) is 56.5 cm³/mol. The van der Waals surface area contributed by atoms with Crippen LogP contribution in [0.4, 0.5) is 0 Å². The lowest BCUT2D eigenvalue weighted by Gasteiger charge is -2.03. The van der Waals surface area contributed by atoms with Crippen LogP contribution in [-0.2, 0) is 6.54 Å². The third-order valence-electron chi connectivity index (χ3n) is 1.32. The number of halogens is 2. The Hall–Kier alpha value is -0.350. The van der Waals surface area contributed by atoms with Gasteiger partial charge in [0.15, 0.2) is 0 Å². The quantitative estimate of drug-likeness (QED) is 0.821. The first-order valence-electron chi connectivity index (χ1n) is 3.29. The number of hydrogen-bond donors (Lipinski definition) is 0. The molecule has 1 aromatic heterocycles. The van der Waals surface area contributed by atoms with Gasteiger partial charge in [0.05, 0.1) is 11.0 Å². The maximum absolute atomic E-state index is 11.4. The van der Waals surface area contributed by atoms with Crippen LogP contribution in [0.2, 0.25) is 0 Å². The van der Waals surface area contributed by atoms with E-state index in [0.29, 0.717) is 11.0 Å². The molecular weight excluding hydrogens is 286 g/mol. The van der Waals surface area contributed by atoms with Crippen LogP contribution in [0, 0.1) is 0 Å². The molecule has 1 heterocycles. The Balaban J connectivity index is 3.09. The minimum absolute atomic E-state index is 0.0434. The standard InChI is InChI=1S/C8H7Br2NO/c1-6(9)5-11-4-2-3-7(10)8(11)12/h2-4H,1,5H2. The van der Waals surface area contributed by atoms with Gasteiger partial charge in [-0.15, -0.1) is 0 Å². The number of rotatable bonds is 2. The number of hydrogen-bond acceptors (Lipinski definition) is 1. The van der Waals surface area contributed by atoms with E-state index in [0.717, 1.165) is 4.48 Å². The molecule has 1 rings (SSSR count). The Morgan fingerprint density at radius 1 is 1.67 bits per heavy atom. The zero-order valence-corrected chi connectivity index (χ0v) is 9.43. The summed E-state index contributed by atoms with van der Waals surface area (Å²) in [6.45, 7) is 4.16. The molecule has 4 heteroatoms. The van der Waals surface area contributed by atoms with Gasteiger partial charge in [-0.1, -0.05) is 22.5 Å². The summed E-state index contributed by atoms with van der Waals surface area (Å²) in [6.07, 6.45) is 1.72. The van der Waals surface area contributed by atoms with Crippen LogP contribution in [-0.4, -0.2) is 4.57 Å². The van der Waals surface area contributed by atoms with Crippen molar-refractivity contribution in [1.82, 2.24) is 4.57 Å². The molecule has 1 aromatic rings. The molecule has 0 saturated heterocycles. The highest BCUT2D eigenvalue weighted by Crippen LogP contribution is 2.05. The van der Waals surface area contributed by atoms with Crippen LogP contribution in [0.25, 0.3) is 0 Å². The Labute approximate surface area is 87.2 Å². The van der Waals surface area contributed by atoms with Crippen molar-refractivity contribution in [3.8, 4) is 0 Å². The van der Waals surface area contributed by atoms with E-state index in [1.165, 1.54) is 0 Å². The average Bonchev–Trinajstić information content (AvgIpc) is 1.98. The zero-order valence-electron chi connectivity index (χ0n) is 6.26. The molecule has 0 spiro atoms. The van der Waals surface area contributed by atoms with Gasteiger partial charge in [0.2, 0.25) is 0 Å². The zero-order chi connectivity index (χ0) is 9.14. The molecule has 12 heavy (non-hydrogen) atoms. The number of aromatic nitrogens is 1. The second kappa shape index (κ2) is 4.05. The fourth-order valence-electron chi connectivity index (χ4n) is 0.817. The molecule has 0 aromatic carbocycles. The van der Waals surface area contributed by atoms with E-state index in [2.05, 4.69) is 38.4 Å². The van der Waals surface area contributed by atoms with Gasteiger partial charge in [0, 0.05) is 10.7 Å². The maximum Gasteiger partial charge on any atom is 0.265 e. The fourth-order valence-corrected chi connectivity index (χ4v) is 1.47. The largest absolute Gasteiger partial charge is 0.310 e. The summed E-state index contributed by atoms with van der Waals surface area (Å²) in [5.74, 6) is 0. The van der Waals surface area contributed by atoms with Gasteiger partial charge in [-0.2, -0.15) is 0 Å². The highest BCUT2D eigenvalue weighted by molar-refractivity contribution is 9.11. The van der Waals surface area contributed by atoms with E-state index in [9.17, 15) is 4.79 Å². The normalized spacial score (nSPS) is 9.83. The monoisotopic (exact) mass is 291 g/mol. The van der Waals surface area contributed by atoms with Crippen molar-refractivity contribution in [3.05, 3.63) is 44.2 Å². The van der Waals surface area contributed by atoms with Crippen molar-refractivity contribution >= 4 is 31.9 Å². The highest BCUT2D eigenvalue weighted by atomic mass is 79.9. The summed E-state index contributed by atoms with van der Waals surface area (Å²) in [5.41, 5.74) is -0.0434. The summed E-state index contributed by atoms with van der Waals surface area (Å²) < 4.78 is 2.92. The Bertz CT molecular complexity index is 356. The molecule has 0 saturated carbocycles. The number of pyridine rings is 1. The second-order valence-corrected chi connectivity index (χ2v) is 4.28. The molecule has 0 aliphatic rings. The van der Waals surface area contributed by atoms with Gasteiger partial charge in [0.25, 0.3) is 5.56 Å². The first kappa shape index (κ1) is 9.74. The van der Waals surface area contributed by atoms with Gasteiger partial charge < -0.3 is 4.57 Å². The summed E-state index contributed by atoms with van der Waals surface area (Å²) in [4.78, 5) is 11.4.